The fourth-order valence-corrected chi connectivity index (χ4v) is 3.76. The van der Waals surface area contributed by atoms with Crippen LogP contribution in [0.5, 0.6) is 11.5 Å². The molecular weight excluding hydrogens is 400 g/mol. The van der Waals surface area contributed by atoms with Gasteiger partial charge in [0.2, 0.25) is 0 Å². The summed E-state index contributed by atoms with van der Waals surface area (Å²) in [5, 5.41) is 7.50. The fraction of sp³-hybridized carbons (Fsp3) is 0.273. The van der Waals surface area contributed by atoms with Crippen molar-refractivity contribution in [2.24, 2.45) is 0 Å². The summed E-state index contributed by atoms with van der Waals surface area (Å²) in [6, 6.07) is 11.1. The number of carbonyl (C=O) groups is 1. The molecule has 2 aliphatic rings. The molecule has 0 bridgehead atoms. The molecule has 158 valence electrons. The van der Waals surface area contributed by atoms with Crippen molar-refractivity contribution in [3.05, 3.63) is 70.8 Å². The number of rotatable bonds is 4. The van der Waals surface area contributed by atoms with Crippen molar-refractivity contribution in [2.75, 3.05) is 26.4 Å². The average molecular weight is 420 g/mol. The fourth-order valence-electron chi connectivity index (χ4n) is 3.76. The van der Waals surface area contributed by atoms with Crippen LogP contribution in [0, 0.1) is 0 Å². The van der Waals surface area contributed by atoms with E-state index in [1.165, 1.54) is 10.7 Å². The number of hydrogen-bond donors (Lipinski definition) is 1. The summed E-state index contributed by atoms with van der Waals surface area (Å²) in [5.41, 5.74) is 1.60. The minimum absolute atomic E-state index is 0.263. The Morgan fingerprint density at radius 2 is 1.87 bits per heavy atom. The number of hydrogen-bond acceptors (Lipinski definition) is 7. The van der Waals surface area contributed by atoms with Crippen LogP contribution >= 0.6 is 0 Å². The van der Waals surface area contributed by atoms with E-state index in [4.69, 9.17) is 14.2 Å². The molecule has 0 radical (unpaired) electrons. The van der Waals surface area contributed by atoms with Crippen molar-refractivity contribution < 1.29 is 19.0 Å². The number of benzene rings is 1. The molecule has 5 rings (SSSR count). The van der Waals surface area contributed by atoms with Crippen molar-refractivity contribution in [1.82, 2.24) is 20.1 Å². The summed E-state index contributed by atoms with van der Waals surface area (Å²) in [6.07, 6.45) is 3.33. The molecule has 0 aliphatic carbocycles. The van der Waals surface area contributed by atoms with E-state index in [0.29, 0.717) is 36.0 Å². The van der Waals surface area contributed by atoms with Crippen LogP contribution in [0.25, 0.3) is 11.3 Å². The highest BCUT2D eigenvalue weighted by Gasteiger charge is 2.34. The summed E-state index contributed by atoms with van der Waals surface area (Å²) in [6.45, 7) is 1.37. The molecule has 3 aromatic rings. The van der Waals surface area contributed by atoms with Gasteiger partial charge in [-0.2, -0.15) is 5.10 Å². The number of para-hydroxylation sites is 1. The normalized spacial score (nSPS) is 19.7. The molecule has 2 unspecified atom stereocenters. The Kier molecular flexibility index (Phi) is 5.09. The summed E-state index contributed by atoms with van der Waals surface area (Å²) >= 11 is 0. The molecule has 0 spiro atoms. The maximum absolute atomic E-state index is 13.0. The summed E-state index contributed by atoms with van der Waals surface area (Å²) in [7, 11) is 0. The van der Waals surface area contributed by atoms with Crippen LogP contribution in [0.1, 0.15) is 16.4 Å². The highest BCUT2D eigenvalue weighted by molar-refractivity contribution is 5.98. The van der Waals surface area contributed by atoms with E-state index in [-0.39, 0.29) is 24.7 Å². The number of aromatic nitrogens is 3. The van der Waals surface area contributed by atoms with E-state index in [9.17, 15) is 9.59 Å². The molecule has 9 nitrogen and oxygen atoms in total. The minimum atomic E-state index is -0.435. The monoisotopic (exact) mass is 420 g/mol. The van der Waals surface area contributed by atoms with Gasteiger partial charge in [0.15, 0.2) is 11.5 Å². The van der Waals surface area contributed by atoms with Gasteiger partial charge in [0.1, 0.15) is 19.3 Å². The van der Waals surface area contributed by atoms with E-state index in [0.717, 1.165) is 5.56 Å². The lowest BCUT2D eigenvalue weighted by Gasteiger charge is -2.23. The Bertz CT molecular complexity index is 1160. The quantitative estimate of drug-likeness (QED) is 0.681. The Hall–Kier alpha value is -3.72. The van der Waals surface area contributed by atoms with Gasteiger partial charge < -0.3 is 19.5 Å². The van der Waals surface area contributed by atoms with Gasteiger partial charge in [0, 0.05) is 24.0 Å². The van der Waals surface area contributed by atoms with Gasteiger partial charge in [0.25, 0.3) is 11.5 Å². The van der Waals surface area contributed by atoms with Crippen LogP contribution in [0.15, 0.2) is 59.7 Å². The Morgan fingerprint density at radius 1 is 1.03 bits per heavy atom. The topological polar surface area (TPSA) is 105 Å². The van der Waals surface area contributed by atoms with Gasteiger partial charge >= 0.3 is 0 Å². The lowest BCUT2D eigenvalue weighted by Crippen LogP contribution is -2.44. The van der Waals surface area contributed by atoms with Gasteiger partial charge in [0.05, 0.1) is 30.5 Å². The number of ether oxygens (including phenoxy) is 3. The van der Waals surface area contributed by atoms with Crippen LogP contribution in [0.2, 0.25) is 0 Å². The number of fused-ring (bicyclic) bond motifs is 1. The highest BCUT2D eigenvalue weighted by atomic mass is 16.6. The third-order valence-electron chi connectivity index (χ3n) is 5.29. The molecule has 1 N–H and O–H groups in total. The smallest absolute Gasteiger partial charge is 0.267 e. The number of amides is 1. The molecule has 2 atom stereocenters. The van der Waals surface area contributed by atoms with Crippen molar-refractivity contribution in [1.29, 1.82) is 0 Å². The number of pyridine rings is 1. The third-order valence-corrected chi connectivity index (χ3v) is 5.29. The lowest BCUT2D eigenvalue weighted by molar-refractivity contribution is 0.0913. The summed E-state index contributed by atoms with van der Waals surface area (Å²) in [5.74, 6) is 0.652. The van der Waals surface area contributed by atoms with Crippen LogP contribution in [-0.2, 0) is 4.74 Å². The summed E-state index contributed by atoms with van der Waals surface area (Å²) < 4.78 is 18.2. The molecule has 1 amide bonds. The van der Waals surface area contributed by atoms with E-state index in [1.54, 1.807) is 36.7 Å². The first kappa shape index (κ1) is 19.3. The second-order valence-corrected chi connectivity index (χ2v) is 7.25. The molecular formula is C22H20N4O5. The second-order valence-electron chi connectivity index (χ2n) is 7.25. The van der Waals surface area contributed by atoms with Gasteiger partial charge in [-0.3, -0.25) is 14.6 Å². The molecule has 31 heavy (non-hydrogen) atoms. The molecule has 4 heterocycles. The van der Waals surface area contributed by atoms with Crippen molar-refractivity contribution in [2.45, 2.75) is 12.1 Å². The number of nitrogens with one attached hydrogen (secondary N) is 1. The zero-order chi connectivity index (χ0) is 21.2. The average Bonchev–Trinajstić information content (AvgIpc) is 3.27. The Morgan fingerprint density at radius 3 is 2.74 bits per heavy atom. The maximum Gasteiger partial charge on any atom is 0.267 e. The molecule has 0 saturated carbocycles. The van der Waals surface area contributed by atoms with E-state index in [2.05, 4.69) is 15.4 Å². The second kappa shape index (κ2) is 8.19. The first-order chi connectivity index (χ1) is 15.2. The van der Waals surface area contributed by atoms with Crippen molar-refractivity contribution in [3.63, 3.8) is 0 Å². The molecule has 2 aromatic heterocycles. The van der Waals surface area contributed by atoms with Crippen molar-refractivity contribution >= 4 is 5.91 Å². The van der Waals surface area contributed by atoms with Crippen LogP contribution in [0.4, 0.5) is 0 Å². The van der Waals surface area contributed by atoms with Crippen LogP contribution in [0.3, 0.4) is 0 Å². The number of carbonyl (C=O) groups excluding carboxylic acids is 1. The zero-order valence-electron chi connectivity index (χ0n) is 16.6. The standard InChI is InChI=1S/C22H20N4O5/c27-20-5-4-16(14-6-8-23-9-7-14)25-26(20)18-13-29-12-17(18)24-22(28)15-2-1-3-19-21(15)31-11-10-30-19/h1-9,17-18H,10-13H2,(H,24,28). The minimum Gasteiger partial charge on any atom is -0.486 e. The van der Waals surface area contributed by atoms with Crippen LogP contribution < -0.4 is 20.3 Å². The molecule has 1 aromatic carbocycles. The van der Waals surface area contributed by atoms with Crippen LogP contribution in [-0.4, -0.2) is 53.1 Å². The highest BCUT2D eigenvalue weighted by Crippen LogP contribution is 2.33. The van der Waals surface area contributed by atoms with E-state index >= 15 is 0 Å². The largest absolute Gasteiger partial charge is 0.486 e. The van der Waals surface area contributed by atoms with Gasteiger partial charge in [-0.15, -0.1) is 0 Å². The SMILES string of the molecule is O=C(NC1COCC1n1nc(-c2ccncc2)ccc1=O)c1cccc2c1OCCO2. The maximum atomic E-state index is 13.0. The van der Waals surface area contributed by atoms with Crippen molar-refractivity contribution in [3.8, 4) is 22.8 Å². The van der Waals surface area contributed by atoms with E-state index in [1.807, 2.05) is 12.1 Å². The molecule has 9 heteroatoms. The molecule has 2 aliphatic heterocycles. The van der Waals surface area contributed by atoms with Gasteiger partial charge in [-0.25, -0.2) is 4.68 Å². The van der Waals surface area contributed by atoms with E-state index < -0.39 is 12.1 Å². The lowest BCUT2D eigenvalue weighted by atomic mass is 10.1. The molecule has 1 fully saturated rings. The first-order valence-electron chi connectivity index (χ1n) is 9.98. The first-order valence-corrected chi connectivity index (χ1v) is 9.98. The Labute approximate surface area is 177 Å². The van der Waals surface area contributed by atoms with Gasteiger partial charge in [-0.05, 0) is 30.3 Å². The predicted molar refractivity (Wildman–Crippen MR) is 110 cm³/mol. The predicted octanol–water partition coefficient (Wildman–Crippen LogP) is 1.45. The Balaban J connectivity index is 1.41. The zero-order valence-corrected chi connectivity index (χ0v) is 16.6. The number of nitrogens with zero attached hydrogens (tertiary/aromatic N) is 3. The van der Waals surface area contributed by atoms with Gasteiger partial charge in [-0.1, -0.05) is 6.07 Å². The summed E-state index contributed by atoms with van der Waals surface area (Å²) in [4.78, 5) is 29.6. The molecule has 1 saturated heterocycles. The third kappa shape index (κ3) is 3.75.